The molecular formula is C13H15NOS3. The minimum atomic E-state index is 0.0644. The van der Waals surface area contributed by atoms with Crippen molar-refractivity contribution in [1.82, 2.24) is 4.90 Å². The molecular weight excluding hydrogens is 282 g/mol. The first-order chi connectivity index (χ1) is 8.72. The first-order valence-corrected chi connectivity index (χ1v) is 8.11. The first kappa shape index (κ1) is 13.8. The zero-order chi connectivity index (χ0) is 13.0. The lowest BCUT2D eigenvalue weighted by atomic mass is 10.2. The molecule has 0 spiro atoms. The Bertz CT molecular complexity index is 465. The smallest absolute Gasteiger partial charge is 0.266 e. The molecule has 96 valence electrons. The van der Waals surface area contributed by atoms with E-state index in [-0.39, 0.29) is 5.91 Å². The molecule has 1 aromatic heterocycles. The van der Waals surface area contributed by atoms with E-state index in [0.29, 0.717) is 4.32 Å². The van der Waals surface area contributed by atoms with Gasteiger partial charge in [-0.25, -0.2) is 0 Å². The number of unbranched alkanes of at least 4 members (excludes halogenated alkanes) is 2. The van der Waals surface area contributed by atoms with Gasteiger partial charge in [0.05, 0.1) is 4.91 Å². The molecule has 0 aliphatic carbocycles. The highest BCUT2D eigenvalue weighted by Crippen LogP contribution is 2.33. The molecule has 0 N–H and O–H groups in total. The lowest BCUT2D eigenvalue weighted by molar-refractivity contribution is -0.122. The van der Waals surface area contributed by atoms with E-state index < -0.39 is 0 Å². The molecule has 0 bridgehead atoms. The molecule has 1 aromatic rings. The van der Waals surface area contributed by atoms with Crippen LogP contribution in [-0.2, 0) is 4.79 Å². The van der Waals surface area contributed by atoms with E-state index in [4.69, 9.17) is 12.2 Å². The summed E-state index contributed by atoms with van der Waals surface area (Å²) in [5.74, 6) is 0.0644. The van der Waals surface area contributed by atoms with Crippen LogP contribution in [-0.4, -0.2) is 21.7 Å². The Kier molecular flexibility index (Phi) is 4.97. The Labute approximate surface area is 121 Å². The van der Waals surface area contributed by atoms with Crippen molar-refractivity contribution in [2.45, 2.75) is 26.2 Å². The molecule has 2 rings (SSSR count). The number of amides is 1. The molecule has 5 heteroatoms. The van der Waals surface area contributed by atoms with E-state index in [1.165, 1.54) is 11.8 Å². The maximum atomic E-state index is 12.2. The van der Waals surface area contributed by atoms with Gasteiger partial charge in [0, 0.05) is 11.4 Å². The highest BCUT2D eigenvalue weighted by Gasteiger charge is 2.31. The van der Waals surface area contributed by atoms with Crippen LogP contribution in [0.1, 0.15) is 31.1 Å². The van der Waals surface area contributed by atoms with Crippen LogP contribution in [0.2, 0.25) is 0 Å². The van der Waals surface area contributed by atoms with Crippen LogP contribution >= 0.6 is 35.3 Å². The van der Waals surface area contributed by atoms with Gasteiger partial charge in [-0.1, -0.05) is 49.8 Å². The molecule has 0 saturated carbocycles. The number of hydrogen-bond acceptors (Lipinski definition) is 4. The van der Waals surface area contributed by atoms with Crippen molar-refractivity contribution in [2.24, 2.45) is 0 Å². The largest absolute Gasteiger partial charge is 0.293 e. The van der Waals surface area contributed by atoms with Crippen LogP contribution in [0.3, 0.4) is 0 Å². The van der Waals surface area contributed by atoms with Gasteiger partial charge in [0.15, 0.2) is 0 Å². The molecule has 0 atom stereocenters. The summed E-state index contributed by atoms with van der Waals surface area (Å²) in [4.78, 5) is 15.8. The van der Waals surface area contributed by atoms with Crippen molar-refractivity contribution < 1.29 is 4.79 Å². The van der Waals surface area contributed by atoms with Crippen molar-refractivity contribution in [1.29, 1.82) is 0 Å². The predicted molar refractivity (Wildman–Crippen MR) is 83.7 cm³/mol. The maximum Gasteiger partial charge on any atom is 0.266 e. The minimum absolute atomic E-state index is 0.0644. The summed E-state index contributed by atoms with van der Waals surface area (Å²) >= 11 is 8.32. The molecule has 2 heterocycles. The second-order valence-corrected chi connectivity index (χ2v) is 6.71. The molecule has 1 aliphatic heterocycles. The van der Waals surface area contributed by atoms with Crippen LogP contribution < -0.4 is 0 Å². The summed E-state index contributed by atoms with van der Waals surface area (Å²) in [6, 6.07) is 3.99. The Morgan fingerprint density at radius 2 is 2.28 bits per heavy atom. The van der Waals surface area contributed by atoms with Crippen LogP contribution in [0, 0.1) is 0 Å². The van der Waals surface area contributed by atoms with E-state index in [1.54, 1.807) is 16.2 Å². The van der Waals surface area contributed by atoms with Crippen LogP contribution in [0.4, 0.5) is 0 Å². The number of nitrogens with zero attached hydrogens (tertiary/aromatic N) is 1. The lowest BCUT2D eigenvalue weighted by Crippen LogP contribution is -2.28. The lowest BCUT2D eigenvalue weighted by Gasteiger charge is -2.13. The summed E-state index contributed by atoms with van der Waals surface area (Å²) in [5, 5.41) is 2.01. The van der Waals surface area contributed by atoms with Crippen molar-refractivity contribution in [2.75, 3.05) is 6.54 Å². The molecule has 18 heavy (non-hydrogen) atoms. The normalized spacial score (nSPS) is 18.1. The van der Waals surface area contributed by atoms with Gasteiger partial charge in [0.1, 0.15) is 4.32 Å². The van der Waals surface area contributed by atoms with E-state index in [1.807, 2.05) is 23.6 Å². The fourth-order valence-corrected chi connectivity index (χ4v) is 3.75. The topological polar surface area (TPSA) is 20.3 Å². The average molecular weight is 297 g/mol. The summed E-state index contributed by atoms with van der Waals surface area (Å²) in [7, 11) is 0. The van der Waals surface area contributed by atoms with Gasteiger partial charge in [-0.05, 0) is 23.9 Å². The van der Waals surface area contributed by atoms with Crippen molar-refractivity contribution in [3.63, 3.8) is 0 Å². The highest BCUT2D eigenvalue weighted by molar-refractivity contribution is 8.26. The molecule has 0 unspecified atom stereocenters. The Balaban J connectivity index is 2.04. The van der Waals surface area contributed by atoms with Crippen LogP contribution in [0.25, 0.3) is 6.08 Å². The van der Waals surface area contributed by atoms with Crippen molar-refractivity contribution in [3.8, 4) is 0 Å². The SMILES string of the molecule is CCCCCN1C(=O)/C(=C/c2cccs2)SC1=S. The van der Waals surface area contributed by atoms with E-state index in [9.17, 15) is 4.79 Å². The quantitative estimate of drug-likeness (QED) is 0.463. The van der Waals surface area contributed by atoms with E-state index in [2.05, 4.69) is 6.92 Å². The molecule has 1 saturated heterocycles. The van der Waals surface area contributed by atoms with E-state index in [0.717, 1.165) is 35.6 Å². The van der Waals surface area contributed by atoms with Crippen LogP contribution in [0.5, 0.6) is 0 Å². The highest BCUT2D eigenvalue weighted by atomic mass is 32.2. The summed E-state index contributed by atoms with van der Waals surface area (Å²) in [6.45, 7) is 2.90. The van der Waals surface area contributed by atoms with Crippen LogP contribution in [0.15, 0.2) is 22.4 Å². The number of rotatable bonds is 5. The summed E-state index contributed by atoms with van der Waals surface area (Å²) in [6.07, 6.45) is 5.25. The second-order valence-electron chi connectivity index (χ2n) is 4.06. The fourth-order valence-electron chi connectivity index (χ4n) is 1.72. The maximum absolute atomic E-state index is 12.2. The second kappa shape index (κ2) is 6.50. The first-order valence-electron chi connectivity index (χ1n) is 6.01. The molecule has 0 aromatic carbocycles. The number of hydrogen-bond donors (Lipinski definition) is 0. The zero-order valence-corrected chi connectivity index (χ0v) is 12.7. The Morgan fingerprint density at radius 3 is 2.94 bits per heavy atom. The average Bonchev–Trinajstić information content (AvgIpc) is 2.93. The number of thiocarbonyl (C=S) groups is 1. The molecule has 1 fully saturated rings. The molecule has 0 radical (unpaired) electrons. The van der Waals surface area contributed by atoms with E-state index >= 15 is 0 Å². The van der Waals surface area contributed by atoms with Crippen molar-refractivity contribution >= 4 is 51.6 Å². The van der Waals surface area contributed by atoms with Gasteiger partial charge in [-0.2, -0.15) is 0 Å². The standard InChI is InChI=1S/C13H15NOS3/c1-2-3-4-7-14-12(15)11(18-13(14)16)9-10-6-5-8-17-10/h5-6,8-9H,2-4,7H2,1H3/b11-9-. The third kappa shape index (κ3) is 3.22. The zero-order valence-electron chi connectivity index (χ0n) is 10.2. The molecule has 1 amide bonds. The predicted octanol–water partition coefficient (Wildman–Crippen LogP) is 4.14. The Morgan fingerprint density at radius 1 is 1.44 bits per heavy atom. The molecule has 1 aliphatic rings. The third-order valence-corrected chi connectivity index (χ3v) is 4.87. The minimum Gasteiger partial charge on any atom is -0.293 e. The van der Waals surface area contributed by atoms with Crippen molar-refractivity contribution in [3.05, 3.63) is 27.3 Å². The van der Waals surface area contributed by atoms with Gasteiger partial charge in [0.2, 0.25) is 0 Å². The van der Waals surface area contributed by atoms with Gasteiger partial charge in [-0.15, -0.1) is 11.3 Å². The monoisotopic (exact) mass is 297 g/mol. The third-order valence-electron chi connectivity index (χ3n) is 2.68. The number of thiophene rings is 1. The van der Waals surface area contributed by atoms with Gasteiger partial charge in [-0.3, -0.25) is 9.69 Å². The summed E-state index contributed by atoms with van der Waals surface area (Å²) in [5.41, 5.74) is 0. The van der Waals surface area contributed by atoms with Gasteiger partial charge >= 0.3 is 0 Å². The number of thioether (sulfide) groups is 1. The number of carbonyl (C=O) groups is 1. The molecule has 2 nitrogen and oxygen atoms in total. The number of carbonyl (C=O) groups excluding carboxylic acids is 1. The fraction of sp³-hybridized carbons (Fsp3) is 0.385. The Hall–Kier alpha value is -0.650. The summed E-state index contributed by atoms with van der Waals surface area (Å²) < 4.78 is 0.693. The van der Waals surface area contributed by atoms with Gasteiger partial charge in [0.25, 0.3) is 5.91 Å². The van der Waals surface area contributed by atoms with Gasteiger partial charge < -0.3 is 0 Å².